The van der Waals surface area contributed by atoms with Crippen molar-refractivity contribution in [2.75, 3.05) is 5.73 Å². The number of aromatic nitrogens is 4. The van der Waals surface area contributed by atoms with Crippen LogP contribution in [0.25, 0.3) is 11.4 Å². The van der Waals surface area contributed by atoms with E-state index in [2.05, 4.69) is 30.7 Å². The molecule has 0 spiro atoms. The van der Waals surface area contributed by atoms with Gasteiger partial charge >= 0.3 is 5.56 Å². The molecule has 13 heteroatoms. The zero-order valence-electron chi connectivity index (χ0n) is 20.0. The number of hydrogen-bond acceptors (Lipinski definition) is 9. The van der Waals surface area contributed by atoms with Crippen molar-refractivity contribution in [3.05, 3.63) is 111 Å². The number of anilines is 1. The maximum Gasteiger partial charge on any atom is 0.301 e. The molecule has 0 aliphatic rings. The molecular weight excluding hydrogens is 488 g/mol. The Morgan fingerprint density at radius 1 is 0.868 bits per heavy atom. The molecule has 0 saturated carbocycles. The van der Waals surface area contributed by atoms with Crippen LogP contribution in [0.15, 0.2) is 110 Å². The van der Waals surface area contributed by atoms with Gasteiger partial charge in [0, 0.05) is 12.1 Å². The second kappa shape index (κ2) is 10.1. The van der Waals surface area contributed by atoms with Crippen molar-refractivity contribution in [1.29, 1.82) is 0 Å². The fraction of sp³-hybridized carbons (Fsp3) is 0.0400. The van der Waals surface area contributed by atoms with Crippen LogP contribution in [0, 0.1) is 17.0 Å². The van der Waals surface area contributed by atoms with Gasteiger partial charge in [-0.1, -0.05) is 42.5 Å². The second-order valence-corrected chi connectivity index (χ2v) is 8.03. The summed E-state index contributed by atoms with van der Waals surface area (Å²) in [5.41, 5.74) is 7.51. The number of nitrogen functional groups attached to an aromatic ring is 1. The quantitative estimate of drug-likeness (QED) is 0.156. The van der Waals surface area contributed by atoms with Crippen molar-refractivity contribution in [1.82, 2.24) is 19.6 Å². The van der Waals surface area contributed by atoms with Gasteiger partial charge in [0.2, 0.25) is 5.82 Å². The molecule has 2 heterocycles. The Bertz CT molecular complexity index is 1730. The molecule has 2 aromatic heterocycles. The van der Waals surface area contributed by atoms with E-state index in [1.54, 1.807) is 49.4 Å². The minimum atomic E-state index is -0.511. The van der Waals surface area contributed by atoms with Crippen LogP contribution in [-0.2, 0) is 0 Å². The predicted octanol–water partition coefficient (Wildman–Crippen LogP) is 5.98. The number of azo groups is 2. The number of nitro groups is 1. The molecule has 0 aliphatic heterocycles. The highest BCUT2D eigenvalue weighted by atomic mass is 16.6. The zero-order chi connectivity index (χ0) is 26.6. The summed E-state index contributed by atoms with van der Waals surface area (Å²) in [5.74, 6) is 0.113. The van der Waals surface area contributed by atoms with Crippen molar-refractivity contribution in [3.63, 3.8) is 0 Å². The van der Waals surface area contributed by atoms with Crippen LogP contribution in [0.2, 0.25) is 0 Å². The van der Waals surface area contributed by atoms with Crippen molar-refractivity contribution in [3.8, 4) is 11.4 Å². The largest absolute Gasteiger partial charge is 0.382 e. The fourth-order valence-corrected chi connectivity index (χ4v) is 3.63. The SMILES string of the molecule is Cc1nn(-c2cccc([N+](=O)[O-])c2)c(N=Nc2c(N)[nH]n(-c3ccccc3)c2=O)c1N=Nc1ccccc1. The normalized spacial score (nSPS) is 11.5. The van der Waals surface area contributed by atoms with Crippen LogP contribution in [0.4, 0.5) is 34.4 Å². The smallest absolute Gasteiger partial charge is 0.301 e. The third-order valence-electron chi connectivity index (χ3n) is 5.46. The van der Waals surface area contributed by atoms with Crippen LogP contribution < -0.4 is 11.3 Å². The molecule has 5 rings (SSSR count). The molecule has 3 N–H and O–H groups in total. The number of non-ortho nitro benzene ring substituents is 1. The maximum atomic E-state index is 13.0. The number of nitrogens with zero attached hydrogens (tertiary/aromatic N) is 8. The number of H-pyrrole nitrogens is 1. The molecular formula is C25H20N10O3. The summed E-state index contributed by atoms with van der Waals surface area (Å²) in [7, 11) is 0. The third-order valence-corrected chi connectivity index (χ3v) is 5.46. The number of para-hydroxylation sites is 1. The van der Waals surface area contributed by atoms with Crippen molar-refractivity contribution in [2.24, 2.45) is 20.5 Å². The Morgan fingerprint density at radius 2 is 1.53 bits per heavy atom. The van der Waals surface area contributed by atoms with Gasteiger partial charge in [-0.2, -0.15) is 10.2 Å². The molecule has 0 radical (unpaired) electrons. The summed E-state index contributed by atoms with van der Waals surface area (Å²) in [6, 6.07) is 23.8. The molecule has 0 atom stereocenters. The topological polar surface area (TPSA) is 174 Å². The number of benzene rings is 3. The van der Waals surface area contributed by atoms with Gasteiger partial charge in [-0.05, 0) is 37.3 Å². The third kappa shape index (κ3) is 4.70. The molecule has 13 nitrogen and oxygen atoms in total. The highest BCUT2D eigenvalue weighted by Crippen LogP contribution is 2.37. The fourth-order valence-electron chi connectivity index (χ4n) is 3.63. The second-order valence-electron chi connectivity index (χ2n) is 8.03. The summed E-state index contributed by atoms with van der Waals surface area (Å²) in [4.78, 5) is 23.9. The number of aryl methyl sites for hydroxylation is 1. The van der Waals surface area contributed by atoms with Gasteiger partial charge in [0.15, 0.2) is 11.4 Å². The van der Waals surface area contributed by atoms with Crippen molar-refractivity contribution < 1.29 is 4.92 Å². The van der Waals surface area contributed by atoms with Crippen LogP contribution in [0.1, 0.15) is 5.69 Å². The van der Waals surface area contributed by atoms with Crippen molar-refractivity contribution >= 4 is 34.4 Å². The molecule has 188 valence electrons. The van der Waals surface area contributed by atoms with Crippen LogP contribution in [0.5, 0.6) is 0 Å². The molecule has 0 unspecified atom stereocenters. The molecule has 0 fully saturated rings. The standard InChI is InChI=1S/C25H20N10O3/c1-16-21(28-27-17-9-4-2-5-10-17)24(33(31-16)19-13-8-14-20(15-19)35(37)38)30-29-22-23(26)32-34(25(22)36)18-11-6-3-7-12-18/h2-15,32H,26H2,1H3. The van der Waals surface area contributed by atoms with E-state index in [-0.39, 0.29) is 28.7 Å². The summed E-state index contributed by atoms with van der Waals surface area (Å²) in [6.45, 7) is 1.69. The number of nitrogens with one attached hydrogen (secondary N) is 1. The first-order chi connectivity index (χ1) is 18.4. The van der Waals surface area contributed by atoms with E-state index in [0.29, 0.717) is 22.8 Å². The Labute approximate surface area is 214 Å². The minimum Gasteiger partial charge on any atom is -0.382 e. The van der Waals surface area contributed by atoms with Gasteiger partial charge < -0.3 is 5.73 Å². The lowest BCUT2D eigenvalue weighted by atomic mass is 10.3. The lowest BCUT2D eigenvalue weighted by molar-refractivity contribution is -0.384. The van der Waals surface area contributed by atoms with Gasteiger partial charge in [0.25, 0.3) is 5.69 Å². The maximum absolute atomic E-state index is 13.0. The highest BCUT2D eigenvalue weighted by molar-refractivity contribution is 5.65. The lowest BCUT2D eigenvalue weighted by Gasteiger charge is -2.03. The van der Waals surface area contributed by atoms with E-state index in [0.717, 1.165) is 0 Å². The number of nitro benzene ring substituents is 1. The number of nitrogens with two attached hydrogens (primary N) is 1. The van der Waals surface area contributed by atoms with Gasteiger partial charge in [-0.15, -0.1) is 15.3 Å². The highest BCUT2D eigenvalue weighted by Gasteiger charge is 2.20. The van der Waals surface area contributed by atoms with E-state index >= 15 is 0 Å². The average molecular weight is 509 g/mol. The predicted molar refractivity (Wildman–Crippen MR) is 141 cm³/mol. The first kappa shape index (κ1) is 24.0. The average Bonchev–Trinajstić information content (AvgIpc) is 3.41. The number of hydrogen-bond donors (Lipinski definition) is 2. The molecule has 0 amide bonds. The molecule has 0 aliphatic carbocycles. The first-order valence-electron chi connectivity index (χ1n) is 11.3. The minimum absolute atomic E-state index is 0.00759. The lowest BCUT2D eigenvalue weighted by Crippen LogP contribution is -2.13. The molecule has 3 aromatic carbocycles. The zero-order valence-corrected chi connectivity index (χ0v) is 20.0. The first-order valence-corrected chi connectivity index (χ1v) is 11.3. The van der Waals surface area contributed by atoms with Gasteiger partial charge in [-0.3, -0.25) is 20.0 Å². The Morgan fingerprint density at radius 3 is 2.24 bits per heavy atom. The Hall–Kier alpha value is -5.72. The van der Waals surface area contributed by atoms with E-state index in [4.69, 9.17) is 5.73 Å². The van der Waals surface area contributed by atoms with E-state index in [1.165, 1.54) is 27.6 Å². The van der Waals surface area contributed by atoms with E-state index < -0.39 is 10.5 Å². The summed E-state index contributed by atoms with van der Waals surface area (Å²) in [5, 5.41) is 35.6. The van der Waals surface area contributed by atoms with Gasteiger partial charge in [0.1, 0.15) is 5.82 Å². The monoisotopic (exact) mass is 508 g/mol. The van der Waals surface area contributed by atoms with E-state index in [9.17, 15) is 14.9 Å². The van der Waals surface area contributed by atoms with Gasteiger partial charge in [0.05, 0.1) is 27.7 Å². The van der Waals surface area contributed by atoms with Crippen LogP contribution >= 0.6 is 0 Å². The van der Waals surface area contributed by atoms with Crippen molar-refractivity contribution in [2.45, 2.75) is 6.92 Å². The summed E-state index contributed by atoms with van der Waals surface area (Å²) >= 11 is 0. The molecule has 5 aromatic rings. The summed E-state index contributed by atoms with van der Waals surface area (Å²) in [6.07, 6.45) is 0. The van der Waals surface area contributed by atoms with E-state index in [1.807, 2.05) is 24.3 Å². The molecule has 0 saturated heterocycles. The molecule has 0 bridgehead atoms. The van der Waals surface area contributed by atoms with Gasteiger partial charge in [-0.25, -0.2) is 9.36 Å². The Balaban J connectivity index is 1.63. The number of rotatable bonds is 7. The van der Waals surface area contributed by atoms with Crippen LogP contribution in [-0.4, -0.2) is 24.5 Å². The summed E-state index contributed by atoms with van der Waals surface area (Å²) < 4.78 is 2.60. The van der Waals surface area contributed by atoms with Crippen LogP contribution in [0.3, 0.4) is 0 Å². The Kier molecular flexibility index (Phi) is 6.38. The molecule has 38 heavy (non-hydrogen) atoms. The number of aromatic amines is 1.